The average Bonchev–Trinajstić information content (AvgIpc) is 3.00. The summed E-state index contributed by atoms with van der Waals surface area (Å²) in [6.45, 7) is 5.11. The standard InChI is InChI=1S/C22H20N2O4/c1-4-12-24-13(2)23-18-17(24)11-10-16-19(26)22(27-14(3)25)20(28-21(16)18)15-8-6-5-7-9-15/h4-12,20,22H,1-3H3/b12-4-/t20-,22+/m1/s1. The number of aromatic nitrogens is 2. The van der Waals surface area contributed by atoms with E-state index >= 15 is 0 Å². The SMILES string of the molecule is C/C=C\n1c(C)nc2c3c(ccc21)C(=O)[C@H](OC(C)=O)[C@@H](c1ccccc1)O3. The van der Waals surface area contributed by atoms with Gasteiger partial charge in [-0.3, -0.25) is 9.59 Å². The van der Waals surface area contributed by atoms with Gasteiger partial charge in [0.15, 0.2) is 11.9 Å². The molecule has 28 heavy (non-hydrogen) atoms. The number of rotatable bonds is 3. The van der Waals surface area contributed by atoms with Crippen molar-refractivity contribution in [2.75, 3.05) is 0 Å². The second-order valence-corrected chi connectivity index (χ2v) is 6.66. The third-order valence-electron chi connectivity index (χ3n) is 4.75. The molecule has 3 aromatic rings. The number of hydrogen-bond donors (Lipinski definition) is 0. The van der Waals surface area contributed by atoms with E-state index in [1.165, 1.54) is 6.92 Å². The summed E-state index contributed by atoms with van der Waals surface area (Å²) >= 11 is 0. The quantitative estimate of drug-likeness (QED) is 0.644. The van der Waals surface area contributed by atoms with Gasteiger partial charge in [-0.25, -0.2) is 4.98 Å². The molecular weight excluding hydrogens is 356 g/mol. The molecule has 6 nitrogen and oxygen atoms in total. The maximum atomic E-state index is 13.2. The highest BCUT2D eigenvalue weighted by Crippen LogP contribution is 2.41. The van der Waals surface area contributed by atoms with Gasteiger partial charge in [0.05, 0.1) is 11.1 Å². The Bertz CT molecular complexity index is 1100. The van der Waals surface area contributed by atoms with Crippen molar-refractivity contribution >= 4 is 29.0 Å². The number of nitrogens with zero attached hydrogens (tertiary/aromatic N) is 2. The molecule has 0 saturated carbocycles. The molecule has 1 aliphatic rings. The van der Waals surface area contributed by atoms with E-state index in [4.69, 9.17) is 9.47 Å². The zero-order chi connectivity index (χ0) is 19.8. The molecule has 1 aliphatic heterocycles. The lowest BCUT2D eigenvalue weighted by Crippen LogP contribution is -2.39. The highest BCUT2D eigenvalue weighted by atomic mass is 16.6. The minimum atomic E-state index is -1.04. The van der Waals surface area contributed by atoms with Gasteiger partial charge >= 0.3 is 5.97 Å². The average molecular weight is 376 g/mol. The molecule has 0 spiro atoms. The Morgan fingerprint density at radius 1 is 1.21 bits per heavy atom. The number of allylic oxidation sites excluding steroid dienone is 1. The molecular formula is C22H20N2O4. The number of fused-ring (bicyclic) bond motifs is 3. The highest BCUT2D eigenvalue weighted by Gasteiger charge is 2.42. The van der Waals surface area contributed by atoms with Crippen molar-refractivity contribution in [3.05, 3.63) is 65.5 Å². The van der Waals surface area contributed by atoms with E-state index in [9.17, 15) is 9.59 Å². The topological polar surface area (TPSA) is 70.4 Å². The van der Waals surface area contributed by atoms with Crippen molar-refractivity contribution in [1.82, 2.24) is 9.55 Å². The Morgan fingerprint density at radius 3 is 2.64 bits per heavy atom. The van der Waals surface area contributed by atoms with Crippen LogP contribution in [0.25, 0.3) is 17.2 Å². The Kier molecular flexibility index (Phi) is 4.47. The van der Waals surface area contributed by atoms with Gasteiger partial charge < -0.3 is 14.0 Å². The van der Waals surface area contributed by atoms with Crippen molar-refractivity contribution in [3.63, 3.8) is 0 Å². The Balaban J connectivity index is 1.91. The molecule has 0 unspecified atom stereocenters. The Morgan fingerprint density at radius 2 is 1.96 bits per heavy atom. The Labute approximate surface area is 162 Å². The molecule has 0 radical (unpaired) electrons. The first kappa shape index (κ1) is 18.0. The monoisotopic (exact) mass is 376 g/mol. The number of carbonyl (C=O) groups is 2. The fourth-order valence-corrected chi connectivity index (χ4v) is 3.56. The van der Waals surface area contributed by atoms with Crippen LogP contribution in [0.5, 0.6) is 5.75 Å². The third kappa shape index (κ3) is 2.87. The van der Waals surface area contributed by atoms with Crippen LogP contribution in [0.2, 0.25) is 0 Å². The summed E-state index contributed by atoms with van der Waals surface area (Å²) in [7, 11) is 0. The van der Waals surface area contributed by atoms with Crippen LogP contribution in [0.4, 0.5) is 0 Å². The highest BCUT2D eigenvalue weighted by molar-refractivity contribution is 6.08. The van der Waals surface area contributed by atoms with Gasteiger partial charge in [0, 0.05) is 13.1 Å². The summed E-state index contributed by atoms with van der Waals surface area (Å²) < 4.78 is 13.6. The molecule has 2 atom stereocenters. The number of hydrogen-bond acceptors (Lipinski definition) is 5. The number of carbonyl (C=O) groups excluding carboxylic acids is 2. The molecule has 1 aromatic heterocycles. The van der Waals surface area contributed by atoms with E-state index in [2.05, 4.69) is 4.98 Å². The lowest BCUT2D eigenvalue weighted by atomic mass is 9.93. The molecule has 0 saturated heterocycles. The maximum absolute atomic E-state index is 13.2. The lowest BCUT2D eigenvalue weighted by molar-refractivity contribution is -0.148. The van der Waals surface area contributed by atoms with Crippen LogP contribution < -0.4 is 4.74 Å². The van der Waals surface area contributed by atoms with Gasteiger partial charge in [-0.1, -0.05) is 36.4 Å². The van der Waals surface area contributed by atoms with Gasteiger partial charge in [0.1, 0.15) is 11.3 Å². The molecule has 4 rings (SSSR count). The number of ketones is 1. The fraction of sp³-hybridized carbons (Fsp3) is 0.227. The lowest BCUT2D eigenvalue weighted by Gasteiger charge is -2.32. The summed E-state index contributed by atoms with van der Waals surface area (Å²) in [6.07, 6.45) is 2.06. The van der Waals surface area contributed by atoms with Crippen molar-refractivity contribution in [2.45, 2.75) is 33.0 Å². The molecule has 0 N–H and O–H groups in total. The van der Waals surface area contributed by atoms with Crippen LogP contribution in [0, 0.1) is 6.92 Å². The number of Topliss-reactive ketones (excluding diaryl/α,β-unsaturated/α-hetero) is 1. The summed E-state index contributed by atoms with van der Waals surface area (Å²) in [6, 6.07) is 12.8. The molecule has 0 aliphatic carbocycles. The zero-order valence-electron chi connectivity index (χ0n) is 15.9. The van der Waals surface area contributed by atoms with Crippen molar-refractivity contribution < 1.29 is 19.1 Å². The van der Waals surface area contributed by atoms with Gasteiger partial charge in [0.25, 0.3) is 0 Å². The maximum Gasteiger partial charge on any atom is 0.303 e. The second kappa shape index (κ2) is 6.96. The smallest absolute Gasteiger partial charge is 0.303 e. The van der Waals surface area contributed by atoms with Gasteiger partial charge in [-0.15, -0.1) is 0 Å². The first-order valence-electron chi connectivity index (χ1n) is 9.08. The second-order valence-electron chi connectivity index (χ2n) is 6.66. The minimum Gasteiger partial charge on any atom is -0.478 e. The first-order chi connectivity index (χ1) is 13.5. The van der Waals surface area contributed by atoms with Gasteiger partial charge in [-0.05, 0) is 31.5 Å². The van der Waals surface area contributed by atoms with Crippen LogP contribution in [-0.4, -0.2) is 27.4 Å². The summed E-state index contributed by atoms with van der Waals surface area (Å²) in [5.41, 5.74) is 2.59. The van der Waals surface area contributed by atoms with Crippen molar-refractivity contribution in [1.29, 1.82) is 0 Å². The van der Waals surface area contributed by atoms with Crippen LogP contribution in [0.1, 0.15) is 41.7 Å². The Hall–Kier alpha value is -3.41. The summed E-state index contributed by atoms with van der Waals surface area (Å²) in [4.78, 5) is 29.4. The molecule has 0 bridgehead atoms. The predicted molar refractivity (Wildman–Crippen MR) is 105 cm³/mol. The summed E-state index contributed by atoms with van der Waals surface area (Å²) in [5.74, 6) is 0.396. The van der Waals surface area contributed by atoms with E-state index < -0.39 is 18.2 Å². The minimum absolute atomic E-state index is 0.287. The largest absolute Gasteiger partial charge is 0.478 e. The van der Waals surface area contributed by atoms with E-state index in [-0.39, 0.29) is 5.78 Å². The van der Waals surface area contributed by atoms with Crippen LogP contribution in [-0.2, 0) is 9.53 Å². The predicted octanol–water partition coefficient (Wildman–Crippen LogP) is 4.08. The van der Waals surface area contributed by atoms with E-state index in [0.717, 1.165) is 16.9 Å². The van der Waals surface area contributed by atoms with E-state index in [1.807, 2.05) is 67.1 Å². The third-order valence-corrected chi connectivity index (χ3v) is 4.75. The molecule has 2 aromatic carbocycles. The fourth-order valence-electron chi connectivity index (χ4n) is 3.56. The molecule has 0 fully saturated rings. The van der Waals surface area contributed by atoms with Crippen LogP contribution >= 0.6 is 0 Å². The number of ether oxygens (including phenoxy) is 2. The normalized spacial score (nSPS) is 18.9. The molecule has 6 heteroatoms. The first-order valence-corrected chi connectivity index (χ1v) is 9.08. The van der Waals surface area contributed by atoms with Gasteiger partial charge in [0.2, 0.25) is 11.9 Å². The number of esters is 1. The zero-order valence-corrected chi connectivity index (χ0v) is 15.9. The van der Waals surface area contributed by atoms with E-state index in [1.54, 1.807) is 6.07 Å². The van der Waals surface area contributed by atoms with Crippen molar-refractivity contribution in [3.8, 4) is 5.75 Å². The summed E-state index contributed by atoms with van der Waals surface area (Å²) in [5, 5.41) is 0. The van der Waals surface area contributed by atoms with Crippen LogP contribution in [0.3, 0.4) is 0 Å². The number of imidazole rings is 1. The molecule has 142 valence electrons. The van der Waals surface area contributed by atoms with Crippen LogP contribution in [0.15, 0.2) is 48.5 Å². The van der Waals surface area contributed by atoms with Crippen molar-refractivity contribution in [2.24, 2.45) is 0 Å². The molecule has 0 amide bonds. The number of benzene rings is 2. The van der Waals surface area contributed by atoms with Gasteiger partial charge in [-0.2, -0.15) is 0 Å². The molecule has 2 heterocycles. The van der Waals surface area contributed by atoms with E-state index in [0.29, 0.717) is 16.8 Å². The number of aryl methyl sites for hydroxylation is 1.